The van der Waals surface area contributed by atoms with Crippen molar-refractivity contribution < 1.29 is 31.0 Å². The minimum absolute atomic E-state index is 0.0970. The molecule has 0 aliphatic carbocycles. The fourth-order valence-electron chi connectivity index (χ4n) is 4.83. The molecule has 0 fully saturated rings. The maximum absolute atomic E-state index is 13.6. The van der Waals surface area contributed by atoms with E-state index in [1.165, 1.54) is 15.5 Å². The van der Waals surface area contributed by atoms with Crippen LogP contribution in [0.5, 0.6) is 0 Å². The van der Waals surface area contributed by atoms with Crippen LogP contribution in [-0.4, -0.2) is 42.8 Å². The number of rotatable bonds is 7. The van der Waals surface area contributed by atoms with Gasteiger partial charge in [-0.1, -0.05) is 12.1 Å². The maximum atomic E-state index is 13.6. The van der Waals surface area contributed by atoms with Crippen LogP contribution in [-0.2, 0) is 16.0 Å². The molecule has 0 bridgehead atoms. The molecule has 4 aromatic rings. The summed E-state index contributed by atoms with van der Waals surface area (Å²) in [7, 11) is -3.26. The molecule has 3 heterocycles. The predicted molar refractivity (Wildman–Crippen MR) is 142 cm³/mol. The summed E-state index contributed by atoms with van der Waals surface area (Å²) in [6.45, 7) is 1.86. The van der Waals surface area contributed by atoms with Crippen molar-refractivity contribution in [1.82, 2.24) is 9.78 Å². The van der Waals surface area contributed by atoms with E-state index in [0.717, 1.165) is 18.4 Å². The maximum Gasteiger partial charge on any atom is 0.450 e. The molecule has 8 nitrogen and oxygen atoms in total. The van der Waals surface area contributed by atoms with Gasteiger partial charge >= 0.3 is 12.2 Å². The molecule has 1 aliphatic heterocycles. The molecule has 1 aliphatic rings. The van der Waals surface area contributed by atoms with Crippen LogP contribution in [0.25, 0.3) is 28.1 Å². The van der Waals surface area contributed by atoms with Crippen LogP contribution in [0.2, 0.25) is 0 Å². The quantitative estimate of drug-likeness (QED) is 0.296. The summed E-state index contributed by atoms with van der Waals surface area (Å²) in [4.78, 5) is 14.6. The predicted octanol–water partition coefficient (Wildman–Crippen LogP) is 4.92. The molecular weight excluding hydrogens is 543 g/mol. The van der Waals surface area contributed by atoms with Crippen molar-refractivity contribution in [2.45, 2.75) is 19.5 Å². The van der Waals surface area contributed by atoms with E-state index in [2.05, 4.69) is 11.2 Å². The first-order chi connectivity index (χ1) is 18.9. The lowest BCUT2D eigenvalue weighted by atomic mass is 9.93. The largest absolute Gasteiger partial charge is 0.450 e. The first-order valence-corrected chi connectivity index (χ1v) is 14.3. The number of carbonyl (C=O) groups excluding carboxylic acids is 1. The molecule has 2 aromatic carbocycles. The van der Waals surface area contributed by atoms with Gasteiger partial charge in [0.1, 0.15) is 9.84 Å². The normalized spacial score (nSPS) is 13.1. The number of hydrogen-bond acceptors (Lipinski definition) is 5. The first kappa shape index (κ1) is 27.1. The molecule has 5 rings (SSSR count). The van der Waals surface area contributed by atoms with Crippen LogP contribution in [0.15, 0.2) is 67.0 Å². The molecule has 0 unspecified atom stereocenters. The van der Waals surface area contributed by atoms with Crippen molar-refractivity contribution in [3.8, 4) is 34.1 Å². The van der Waals surface area contributed by atoms with E-state index in [1.54, 1.807) is 60.4 Å². The van der Waals surface area contributed by atoms with Crippen molar-refractivity contribution in [1.29, 1.82) is 5.26 Å². The summed E-state index contributed by atoms with van der Waals surface area (Å²) >= 11 is 0. The molecule has 40 heavy (non-hydrogen) atoms. The topological polar surface area (TPSA) is 99.9 Å². The summed E-state index contributed by atoms with van der Waals surface area (Å²) in [5.41, 5.74) is 2.76. The van der Waals surface area contributed by atoms with E-state index in [-0.39, 0.29) is 24.3 Å². The molecule has 0 radical (unpaired) electrons. The second kappa shape index (κ2) is 9.91. The zero-order chi connectivity index (χ0) is 28.8. The second-order valence-electron chi connectivity index (χ2n) is 9.52. The molecule has 0 saturated heterocycles. The van der Waals surface area contributed by atoms with Gasteiger partial charge in [0.2, 0.25) is 5.82 Å². The van der Waals surface area contributed by atoms with Crippen LogP contribution in [0.1, 0.15) is 23.1 Å². The number of alkyl halides is 3. The molecule has 0 atom stereocenters. The zero-order valence-corrected chi connectivity index (χ0v) is 22.3. The van der Waals surface area contributed by atoms with Gasteiger partial charge in [-0.3, -0.25) is 0 Å². The SMILES string of the molecule is Cc1c(-c2ccnn2-c2ccc(C#N)cc2)c[n+]2c(c1-c1cccc(C(F)(F)F)c1)N(CCCS(C)(=O)=O)C2=O. The monoisotopic (exact) mass is 566 g/mol. The smallest absolute Gasteiger partial charge is 0.233 e. The van der Waals surface area contributed by atoms with Crippen molar-refractivity contribution in [2.24, 2.45) is 0 Å². The van der Waals surface area contributed by atoms with Crippen LogP contribution < -0.4 is 9.47 Å². The minimum Gasteiger partial charge on any atom is -0.233 e. The first-order valence-electron chi connectivity index (χ1n) is 12.2. The third-order valence-corrected chi connectivity index (χ3v) is 7.75. The van der Waals surface area contributed by atoms with Crippen LogP contribution in [0, 0.1) is 18.3 Å². The highest BCUT2D eigenvalue weighted by Crippen LogP contribution is 2.41. The standard InChI is InChI=1S/C28H23F3N5O3S/c1-18-23(24-11-12-33-36(24)22-9-7-19(16-32)8-10-22)17-35-26(34(27(35)37)13-4-14-40(2,38)39)25(18)20-5-3-6-21(15-20)28(29,30)31/h3,5-12,15,17H,4,13-14H2,1-2H3/q+1. The van der Waals surface area contributed by atoms with Crippen molar-refractivity contribution in [3.63, 3.8) is 0 Å². The molecular formula is C28H23F3N5O3S+. The van der Waals surface area contributed by atoms with Gasteiger partial charge < -0.3 is 0 Å². The van der Waals surface area contributed by atoms with Crippen LogP contribution >= 0.6 is 0 Å². The average molecular weight is 567 g/mol. The zero-order valence-electron chi connectivity index (χ0n) is 21.5. The summed E-state index contributed by atoms with van der Waals surface area (Å²) in [5, 5.41) is 13.5. The molecule has 204 valence electrons. The number of benzene rings is 2. The van der Waals surface area contributed by atoms with Crippen molar-refractivity contribution in [2.75, 3.05) is 23.5 Å². The minimum atomic E-state index is -4.57. The second-order valence-corrected chi connectivity index (χ2v) is 11.8. The molecule has 12 heteroatoms. The van der Waals surface area contributed by atoms with E-state index in [9.17, 15) is 26.4 Å². The van der Waals surface area contributed by atoms with E-state index < -0.39 is 27.6 Å². The van der Waals surface area contributed by atoms with Crippen LogP contribution in [0.4, 0.5) is 23.8 Å². The number of carbonyl (C=O) groups is 1. The van der Waals surface area contributed by atoms with Gasteiger partial charge in [-0.2, -0.15) is 33.0 Å². The number of amides is 1. The van der Waals surface area contributed by atoms with E-state index in [4.69, 9.17) is 5.26 Å². The Morgan fingerprint density at radius 3 is 2.48 bits per heavy atom. The number of sulfone groups is 1. The van der Waals surface area contributed by atoms with Crippen molar-refractivity contribution in [3.05, 3.63) is 83.7 Å². The Morgan fingerprint density at radius 2 is 1.82 bits per heavy atom. The lowest BCUT2D eigenvalue weighted by molar-refractivity contribution is -0.578. The van der Waals surface area contributed by atoms with Gasteiger partial charge in [0.05, 0.1) is 58.8 Å². The molecule has 0 N–H and O–H groups in total. The number of hydrogen-bond donors (Lipinski definition) is 0. The number of nitrogens with zero attached hydrogens (tertiary/aromatic N) is 5. The number of pyridine rings is 1. The van der Waals surface area contributed by atoms with E-state index in [0.29, 0.717) is 39.5 Å². The van der Waals surface area contributed by atoms with Gasteiger partial charge in [-0.25, -0.2) is 17.9 Å². The Balaban J connectivity index is 1.68. The number of aromatic nitrogens is 3. The Hall–Kier alpha value is -4.50. The van der Waals surface area contributed by atoms with Gasteiger partial charge in [0.25, 0.3) is 0 Å². The van der Waals surface area contributed by atoms with E-state index >= 15 is 0 Å². The van der Waals surface area contributed by atoms with Crippen LogP contribution in [0.3, 0.4) is 0 Å². The molecule has 0 spiro atoms. The fourth-order valence-corrected chi connectivity index (χ4v) is 5.48. The number of halogens is 3. The summed E-state index contributed by atoms with van der Waals surface area (Å²) in [6.07, 6.45) is -0.0937. The number of anilines is 1. The molecule has 0 saturated carbocycles. The highest BCUT2D eigenvalue weighted by atomic mass is 32.2. The number of nitriles is 1. The lowest BCUT2D eigenvalue weighted by Gasteiger charge is -2.31. The Bertz CT molecular complexity index is 1790. The summed E-state index contributed by atoms with van der Waals surface area (Å²) in [5.74, 6) is 0.264. The highest BCUT2D eigenvalue weighted by Gasteiger charge is 2.44. The fraction of sp³-hybridized carbons (Fsp3) is 0.214. The third-order valence-electron chi connectivity index (χ3n) is 6.72. The average Bonchev–Trinajstić information content (AvgIpc) is 3.39. The number of fused-ring (bicyclic) bond motifs is 1. The highest BCUT2D eigenvalue weighted by molar-refractivity contribution is 7.90. The Labute approximate surface area is 228 Å². The lowest BCUT2D eigenvalue weighted by Crippen LogP contribution is -2.67. The summed E-state index contributed by atoms with van der Waals surface area (Å²) in [6, 6.07) is 15.0. The Kier molecular flexibility index (Phi) is 6.71. The summed E-state index contributed by atoms with van der Waals surface area (Å²) < 4.78 is 67.2. The van der Waals surface area contributed by atoms with Crippen molar-refractivity contribution >= 4 is 21.7 Å². The Morgan fingerprint density at radius 1 is 1.10 bits per heavy atom. The van der Waals surface area contributed by atoms with E-state index in [1.807, 2.05) is 0 Å². The van der Waals surface area contributed by atoms with Gasteiger partial charge in [-0.15, -0.1) is 0 Å². The van der Waals surface area contributed by atoms with Gasteiger partial charge in [0, 0.05) is 11.8 Å². The molecule has 1 amide bonds. The molecule has 2 aromatic heterocycles. The van der Waals surface area contributed by atoms with Gasteiger partial charge in [-0.05, 0) is 66.9 Å². The third kappa shape index (κ3) is 4.96. The van der Waals surface area contributed by atoms with Gasteiger partial charge in [0.15, 0.2) is 0 Å².